The van der Waals surface area contributed by atoms with Crippen molar-refractivity contribution in [1.29, 1.82) is 0 Å². The molecule has 5 heteroatoms. The van der Waals surface area contributed by atoms with Crippen LogP contribution in [0.15, 0.2) is 0 Å². The molecule has 0 bridgehead atoms. The van der Waals surface area contributed by atoms with E-state index < -0.39 is 5.60 Å². The number of carbonyl (C=O) groups excluding carboxylic acids is 1. The van der Waals surface area contributed by atoms with E-state index >= 15 is 0 Å². The zero-order chi connectivity index (χ0) is 15.9. The molecule has 1 aliphatic heterocycles. The van der Waals surface area contributed by atoms with Crippen molar-refractivity contribution in [3.63, 3.8) is 0 Å². The van der Waals surface area contributed by atoms with Gasteiger partial charge in [-0.3, -0.25) is 0 Å². The highest BCUT2D eigenvalue weighted by atomic mass is 16.3. The largest absolute Gasteiger partial charge is 0.388 e. The maximum absolute atomic E-state index is 11.8. The van der Waals surface area contributed by atoms with E-state index in [1.165, 1.54) is 19.4 Å². The number of aliphatic hydroxyl groups is 1. The second-order valence-corrected chi connectivity index (χ2v) is 6.59. The molecule has 1 saturated heterocycles. The summed E-state index contributed by atoms with van der Waals surface area (Å²) in [7, 11) is 0. The summed E-state index contributed by atoms with van der Waals surface area (Å²) in [6, 6.07) is 0.405. The summed E-state index contributed by atoms with van der Waals surface area (Å²) in [6.45, 7) is 11.6. The van der Waals surface area contributed by atoms with Crippen LogP contribution in [0.1, 0.15) is 53.4 Å². The van der Waals surface area contributed by atoms with Crippen molar-refractivity contribution in [3.05, 3.63) is 0 Å². The molecule has 0 aliphatic carbocycles. The van der Waals surface area contributed by atoms with E-state index in [9.17, 15) is 9.90 Å². The highest BCUT2D eigenvalue weighted by molar-refractivity contribution is 5.73. The summed E-state index contributed by atoms with van der Waals surface area (Å²) in [4.78, 5) is 14.3. The zero-order valence-corrected chi connectivity index (χ0v) is 14.1. The maximum Gasteiger partial charge on any atom is 0.314 e. The molecule has 0 aromatic heterocycles. The maximum atomic E-state index is 11.8. The van der Waals surface area contributed by atoms with E-state index in [1.54, 1.807) is 0 Å². The van der Waals surface area contributed by atoms with Crippen molar-refractivity contribution >= 4 is 6.03 Å². The molecule has 1 aliphatic rings. The molecular weight excluding hydrogens is 266 g/mol. The first-order valence-electron chi connectivity index (χ1n) is 8.38. The van der Waals surface area contributed by atoms with Crippen LogP contribution in [0.5, 0.6) is 0 Å². The molecule has 5 nitrogen and oxygen atoms in total. The molecule has 0 aromatic rings. The minimum atomic E-state index is -0.781. The van der Waals surface area contributed by atoms with Gasteiger partial charge >= 0.3 is 6.03 Å². The number of rotatable bonds is 7. The summed E-state index contributed by atoms with van der Waals surface area (Å²) < 4.78 is 0. The van der Waals surface area contributed by atoms with Gasteiger partial charge in [-0.1, -0.05) is 13.8 Å². The smallest absolute Gasteiger partial charge is 0.314 e. The predicted octanol–water partition coefficient (Wildman–Crippen LogP) is 1.96. The van der Waals surface area contributed by atoms with Gasteiger partial charge in [-0.25, -0.2) is 4.79 Å². The Kier molecular flexibility index (Phi) is 7.46. The van der Waals surface area contributed by atoms with Gasteiger partial charge in [0.25, 0.3) is 0 Å². The first-order chi connectivity index (χ1) is 9.90. The number of amides is 2. The first kappa shape index (κ1) is 18.2. The standard InChI is InChI=1S/C16H33N3O2/c1-5-16(21,6-2)12-18-15(20)17-10-14-8-7-9-19(11-14)13(3)4/h13-14,21H,5-12H2,1-4H3,(H2,17,18,20). The van der Waals surface area contributed by atoms with Crippen LogP contribution in [0.2, 0.25) is 0 Å². The van der Waals surface area contributed by atoms with Crippen LogP contribution in [-0.4, -0.2) is 53.9 Å². The number of nitrogens with zero attached hydrogens (tertiary/aromatic N) is 1. The Hall–Kier alpha value is -0.810. The average molecular weight is 299 g/mol. The Morgan fingerprint density at radius 1 is 1.33 bits per heavy atom. The molecule has 0 spiro atoms. The number of hydrogen-bond acceptors (Lipinski definition) is 3. The van der Waals surface area contributed by atoms with E-state index in [4.69, 9.17) is 0 Å². The molecule has 0 saturated carbocycles. The molecule has 21 heavy (non-hydrogen) atoms. The minimum absolute atomic E-state index is 0.169. The zero-order valence-electron chi connectivity index (χ0n) is 14.1. The quantitative estimate of drug-likeness (QED) is 0.673. The predicted molar refractivity (Wildman–Crippen MR) is 86.4 cm³/mol. The minimum Gasteiger partial charge on any atom is -0.388 e. The Labute approximate surface area is 129 Å². The molecule has 1 fully saturated rings. The van der Waals surface area contributed by atoms with Gasteiger partial charge in [-0.05, 0) is 52.0 Å². The summed E-state index contributed by atoms with van der Waals surface area (Å²) in [5.41, 5.74) is -0.781. The molecular formula is C16H33N3O2. The van der Waals surface area contributed by atoms with Crippen molar-refractivity contribution in [2.75, 3.05) is 26.2 Å². The number of urea groups is 1. The van der Waals surface area contributed by atoms with E-state index in [-0.39, 0.29) is 6.03 Å². The number of likely N-dealkylation sites (tertiary alicyclic amines) is 1. The fourth-order valence-corrected chi connectivity index (χ4v) is 2.78. The molecule has 3 N–H and O–H groups in total. The number of hydrogen-bond donors (Lipinski definition) is 3. The second-order valence-electron chi connectivity index (χ2n) is 6.59. The number of carbonyl (C=O) groups is 1. The molecule has 1 heterocycles. The van der Waals surface area contributed by atoms with Crippen LogP contribution >= 0.6 is 0 Å². The van der Waals surface area contributed by atoms with Crippen LogP contribution in [-0.2, 0) is 0 Å². The van der Waals surface area contributed by atoms with Crippen molar-refractivity contribution in [2.24, 2.45) is 5.92 Å². The van der Waals surface area contributed by atoms with Crippen molar-refractivity contribution < 1.29 is 9.90 Å². The number of nitrogens with one attached hydrogen (secondary N) is 2. The van der Waals surface area contributed by atoms with E-state index in [1.807, 2.05) is 13.8 Å². The SMILES string of the molecule is CCC(O)(CC)CNC(=O)NCC1CCCN(C(C)C)C1. The molecule has 124 valence electrons. The van der Waals surface area contributed by atoms with Crippen molar-refractivity contribution in [3.8, 4) is 0 Å². The van der Waals surface area contributed by atoms with Crippen LogP contribution in [0, 0.1) is 5.92 Å². The number of piperidine rings is 1. The fourth-order valence-electron chi connectivity index (χ4n) is 2.78. The highest BCUT2D eigenvalue weighted by Gasteiger charge is 2.24. The normalized spacial score (nSPS) is 20.6. The van der Waals surface area contributed by atoms with Crippen LogP contribution < -0.4 is 10.6 Å². The van der Waals surface area contributed by atoms with E-state index in [0.29, 0.717) is 37.9 Å². The topological polar surface area (TPSA) is 64.6 Å². The lowest BCUT2D eigenvalue weighted by Gasteiger charge is -2.35. The average Bonchev–Trinajstić information content (AvgIpc) is 2.50. The van der Waals surface area contributed by atoms with Crippen LogP contribution in [0.3, 0.4) is 0 Å². The Morgan fingerprint density at radius 2 is 2.00 bits per heavy atom. The van der Waals surface area contributed by atoms with Gasteiger partial charge < -0.3 is 20.6 Å². The van der Waals surface area contributed by atoms with E-state index in [0.717, 1.165) is 6.54 Å². The Morgan fingerprint density at radius 3 is 2.57 bits per heavy atom. The van der Waals surface area contributed by atoms with Gasteiger partial charge in [0.1, 0.15) is 0 Å². The summed E-state index contributed by atoms with van der Waals surface area (Å²) in [6.07, 6.45) is 3.68. The molecule has 1 atom stereocenters. The highest BCUT2D eigenvalue weighted by Crippen LogP contribution is 2.17. The second kappa shape index (κ2) is 8.59. The van der Waals surface area contributed by atoms with Gasteiger partial charge in [-0.2, -0.15) is 0 Å². The molecule has 1 rings (SSSR count). The van der Waals surface area contributed by atoms with Gasteiger partial charge in [0.2, 0.25) is 0 Å². The summed E-state index contributed by atoms with van der Waals surface area (Å²) in [5.74, 6) is 0.531. The van der Waals surface area contributed by atoms with Gasteiger partial charge in [0, 0.05) is 25.7 Å². The van der Waals surface area contributed by atoms with Crippen molar-refractivity contribution in [2.45, 2.75) is 65.0 Å². The molecule has 2 amide bonds. The van der Waals surface area contributed by atoms with Crippen LogP contribution in [0.4, 0.5) is 4.79 Å². The third-order valence-electron chi connectivity index (χ3n) is 4.73. The van der Waals surface area contributed by atoms with Crippen LogP contribution in [0.25, 0.3) is 0 Å². The fraction of sp³-hybridized carbons (Fsp3) is 0.938. The Balaban J connectivity index is 2.26. The molecule has 1 unspecified atom stereocenters. The summed E-state index contributed by atoms with van der Waals surface area (Å²) >= 11 is 0. The third kappa shape index (κ3) is 6.22. The lowest BCUT2D eigenvalue weighted by Crippen LogP contribution is -2.48. The molecule has 0 aromatic carbocycles. The van der Waals surface area contributed by atoms with Gasteiger partial charge in [0.15, 0.2) is 0 Å². The first-order valence-corrected chi connectivity index (χ1v) is 8.38. The summed E-state index contributed by atoms with van der Waals surface area (Å²) in [5, 5.41) is 15.9. The Bertz CT molecular complexity index is 317. The van der Waals surface area contributed by atoms with Gasteiger partial charge in [0.05, 0.1) is 5.60 Å². The lowest BCUT2D eigenvalue weighted by atomic mass is 9.97. The lowest BCUT2D eigenvalue weighted by molar-refractivity contribution is 0.0349. The van der Waals surface area contributed by atoms with E-state index in [2.05, 4.69) is 29.4 Å². The molecule has 0 radical (unpaired) electrons. The third-order valence-corrected chi connectivity index (χ3v) is 4.73. The van der Waals surface area contributed by atoms with Gasteiger partial charge in [-0.15, -0.1) is 0 Å². The van der Waals surface area contributed by atoms with Crippen molar-refractivity contribution in [1.82, 2.24) is 15.5 Å². The monoisotopic (exact) mass is 299 g/mol.